The minimum absolute atomic E-state index is 0.273. The number of esters is 1. The number of methoxy groups -OCH3 is 1. The lowest BCUT2D eigenvalue weighted by Gasteiger charge is -2.27. The Kier molecular flexibility index (Phi) is 2.56. The lowest BCUT2D eigenvalue weighted by molar-refractivity contribution is -0.0243. The van der Waals surface area contributed by atoms with Crippen molar-refractivity contribution in [3.8, 4) is 0 Å². The molecule has 1 aliphatic heterocycles. The van der Waals surface area contributed by atoms with Crippen molar-refractivity contribution in [2.45, 2.75) is 6.04 Å². The number of nitrogens with zero attached hydrogens (tertiary/aromatic N) is 2. The predicted octanol–water partition coefficient (Wildman–Crippen LogP) is 1.00. The van der Waals surface area contributed by atoms with Gasteiger partial charge in [0.2, 0.25) is 0 Å². The summed E-state index contributed by atoms with van der Waals surface area (Å²) >= 11 is 3.31. The van der Waals surface area contributed by atoms with Crippen LogP contribution in [0.3, 0.4) is 0 Å². The molecule has 2 rings (SSSR count). The topological polar surface area (TPSA) is 53.3 Å². The molecule has 0 N–H and O–H groups in total. The summed E-state index contributed by atoms with van der Waals surface area (Å²) in [6.45, 7) is 1.32. The molecule has 0 aromatic carbocycles. The summed E-state index contributed by atoms with van der Waals surface area (Å²) in [4.78, 5) is 15.2. The highest BCUT2D eigenvalue weighted by atomic mass is 79.9. The molecule has 1 aromatic heterocycles. The Hall–Kier alpha value is -0.880. The van der Waals surface area contributed by atoms with Crippen molar-refractivity contribution in [1.29, 1.82) is 0 Å². The van der Waals surface area contributed by atoms with Crippen LogP contribution in [0, 0.1) is 0 Å². The molecule has 0 atom stereocenters. The Bertz CT molecular complexity index is 359. The standard InChI is InChI=1S/C8H9BrN2O3/c1-13-8(12)6-7(9)11(4-10-6)5-2-14-3-5/h4-5H,2-3H2,1H3. The zero-order chi connectivity index (χ0) is 10.1. The highest BCUT2D eigenvalue weighted by molar-refractivity contribution is 9.10. The highest BCUT2D eigenvalue weighted by Crippen LogP contribution is 2.25. The van der Waals surface area contributed by atoms with Gasteiger partial charge in [0.05, 0.1) is 32.7 Å². The van der Waals surface area contributed by atoms with Gasteiger partial charge in [-0.25, -0.2) is 9.78 Å². The maximum atomic E-state index is 11.2. The quantitative estimate of drug-likeness (QED) is 0.745. The minimum atomic E-state index is -0.434. The van der Waals surface area contributed by atoms with Gasteiger partial charge in [0, 0.05) is 0 Å². The van der Waals surface area contributed by atoms with Gasteiger partial charge in [0.1, 0.15) is 4.60 Å². The summed E-state index contributed by atoms with van der Waals surface area (Å²) in [5.41, 5.74) is 0.305. The number of aromatic nitrogens is 2. The van der Waals surface area contributed by atoms with Crippen LogP contribution >= 0.6 is 15.9 Å². The summed E-state index contributed by atoms with van der Waals surface area (Å²) in [6, 6.07) is 0.273. The average molecular weight is 261 g/mol. The monoisotopic (exact) mass is 260 g/mol. The molecule has 1 saturated heterocycles. The second kappa shape index (κ2) is 3.70. The second-order valence-electron chi connectivity index (χ2n) is 2.97. The Morgan fingerprint density at radius 1 is 1.79 bits per heavy atom. The zero-order valence-electron chi connectivity index (χ0n) is 7.57. The number of rotatable bonds is 2. The molecule has 6 heteroatoms. The Morgan fingerprint density at radius 2 is 2.50 bits per heavy atom. The zero-order valence-corrected chi connectivity index (χ0v) is 9.15. The van der Waals surface area contributed by atoms with Gasteiger partial charge in [-0.2, -0.15) is 0 Å². The molecule has 0 amide bonds. The summed E-state index contributed by atoms with van der Waals surface area (Å²) in [5, 5.41) is 0. The largest absolute Gasteiger partial charge is 0.464 e. The van der Waals surface area contributed by atoms with Gasteiger partial charge in [-0.05, 0) is 15.9 Å². The first-order chi connectivity index (χ1) is 6.74. The number of imidazole rings is 1. The predicted molar refractivity (Wildman–Crippen MR) is 51.1 cm³/mol. The van der Waals surface area contributed by atoms with E-state index in [1.807, 2.05) is 4.57 Å². The van der Waals surface area contributed by atoms with Gasteiger partial charge < -0.3 is 14.0 Å². The molecular weight excluding hydrogens is 252 g/mol. The maximum Gasteiger partial charge on any atom is 0.359 e. The Balaban J connectivity index is 2.27. The van der Waals surface area contributed by atoms with Crippen molar-refractivity contribution in [3.63, 3.8) is 0 Å². The third-order valence-corrected chi connectivity index (χ3v) is 2.91. The molecule has 2 heterocycles. The van der Waals surface area contributed by atoms with Crippen LogP contribution in [0.25, 0.3) is 0 Å². The van der Waals surface area contributed by atoms with E-state index in [1.54, 1.807) is 6.33 Å². The van der Waals surface area contributed by atoms with Crippen LogP contribution in [0.4, 0.5) is 0 Å². The number of halogens is 1. The first kappa shape index (κ1) is 9.67. The molecule has 0 spiro atoms. The molecule has 1 aliphatic rings. The van der Waals surface area contributed by atoms with E-state index in [0.29, 0.717) is 23.5 Å². The van der Waals surface area contributed by atoms with Crippen LogP contribution in [0.15, 0.2) is 10.9 Å². The van der Waals surface area contributed by atoms with Gasteiger partial charge in [-0.3, -0.25) is 0 Å². The van der Waals surface area contributed by atoms with E-state index < -0.39 is 5.97 Å². The fourth-order valence-corrected chi connectivity index (χ4v) is 1.86. The maximum absolute atomic E-state index is 11.2. The molecule has 1 aromatic rings. The van der Waals surface area contributed by atoms with Crippen molar-refractivity contribution < 1.29 is 14.3 Å². The highest BCUT2D eigenvalue weighted by Gasteiger charge is 2.25. The molecule has 14 heavy (non-hydrogen) atoms. The van der Waals surface area contributed by atoms with E-state index in [9.17, 15) is 4.79 Å². The Labute approximate surface area is 89.1 Å². The third-order valence-electron chi connectivity index (χ3n) is 2.13. The van der Waals surface area contributed by atoms with Crippen molar-refractivity contribution in [3.05, 3.63) is 16.6 Å². The van der Waals surface area contributed by atoms with Gasteiger partial charge in [-0.15, -0.1) is 0 Å². The number of ether oxygens (including phenoxy) is 2. The van der Waals surface area contributed by atoms with E-state index in [4.69, 9.17) is 4.74 Å². The van der Waals surface area contributed by atoms with Crippen LogP contribution in [-0.2, 0) is 9.47 Å². The summed E-state index contributed by atoms with van der Waals surface area (Å²) in [6.07, 6.45) is 1.61. The fraction of sp³-hybridized carbons (Fsp3) is 0.500. The van der Waals surface area contributed by atoms with Gasteiger partial charge in [-0.1, -0.05) is 0 Å². The van der Waals surface area contributed by atoms with Gasteiger partial charge in [0.25, 0.3) is 0 Å². The molecule has 0 bridgehead atoms. The molecule has 0 radical (unpaired) electrons. The first-order valence-corrected chi connectivity index (χ1v) is 4.91. The van der Waals surface area contributed by atoms with Crippen LogP contribution in [-0.4, -0.2) is 35.8 Å². The van der Waals surface area contributed by atoms with Crippen molar-refractivity contribution in [2.24, 2.45) is 0 Å². The number of hydrogen-bond donors (Lipinski definition) is 0. The number of hydrogen-bond acceptors (Lipinski definition) is 4. The molecule has 0 aliphatic carbocycles. The normalized spacial score (nSPS) is 16.4. The summed E-state index contributed by atoms with van der Waals surface area (Å²) in [7, 11) is 1.33. The summed E-state index contributed by atoms with van der Waals surface area (Å²) < 4.78 is 12.2. The number of carbonyl (C=O) groups excluding carboxylic acids is 1. The molecule has 1 fully saturated rings. The number of carbonyl (C=O) groups is 1. The molecular formula is C8H9BrN2O3. The Morgan fingerprint density at radius 3 is 3.00 bits per heavy atom. The van der Waals surface area contributed by atoms with Crippen LogP contribution in [0.1, 0.15) is 16.5 Å². The summed E-state index contributed by atoms with van der Waals surface area (Å²) in [5.74, 6) is -0.434. The van der Waals surface area contributed by atoms with Crippen LogP contribution in [0.2, 0.25) is 0 Å². The van der Waals surface area contributed by atoms with E-state index >= 15 is 0 Å². The smallest absolute Gasteiger partial charge is 0.359 e. The average Bonchev–Trinajstić information content (AvgIpc) is 2.45. The molecule has 0 unspecified atom stereocenters. The van der Waals surface area contributed by atoms with Crippen molar-refractivity contribution in [2.75, 3.05) is 20.3 Å². The van der Waals surface area contributed by atoms with E-state index in [0.717, 1.165) is 0 Å². The van der Waals surface area contributed by atoms with E-state index in [1.165, 1.54) is 7.11 Å². The molecule has 76 valence electrons. The third kappa shape index (κ3) is 1.44. The van der Waals surface area contributed by atoms with Gasteiger partial charge in [0.15, 0.2) is 5.69 Å². The molecule has 0 saturated carbocycles. The molecule has 5 nitrogen and oxygen atoms in total. The minimum Gasteiger partial charge on any atom is -0.464 e. The van der Waals surface area contributed by atoms with Crippen LogP contribution in [0.5, 0.6) is 0 Å². The van der Waals surface area contributed by atoms with Gasteiger partial charge >= 0.3 is 5.97 Å². The van der Waals surface area contributed by atoms with E-state index in [2.05, 4.69) is 25.7 Å². The lowest BCUT2D eigenvalue weighted by Crippen LogP contribution is -2.30. The van der Waals surface area contributed by atoms with Crippen molar-refractivity contribution in [1.82, 2.24) is 9.55 Å². The SMILES string of the molecule is COC(=O)c1ncn(C2COC2)c1Br. The fourth-order valence-electron chi connectivity index (χ4n) is 1.22. The van der Waals surface area contributed by atoms with Crippen molar-refractivity contribution >= 4 is 21.9 Å². The van der Waals surface area contributed by atoms with Crippen LogP contribution < -0.4 is 0 Å². The second-order valence-corrected chi connectivity index (χ2v) is 3.73. The lowest BCUT2D eigenvalue weighted by atomic mass is 10.2. The first-order valence-electron chi connectivity index (χ1n) is 4.12. The van der Waals surface area contributed by atoms with E-state index in [-0.39, 0.29) is 6.04 Å².